The van der Waals surface area contributed by atoms with E-state index < -0.39 is 11.4 Å². The standard InChI is InChI=1S/C22H27FN4O3/c1-15-17(12-24-26(15)2)13-27-9-3-8-22(14-27,21(28)29)11-19-10-20(25-30-19)16-4-6-18(23)7-5-16/h4-7,12,19H,3,8-11,13-14H2,1-2H3,(H,28,29)/t19-,22-/m0/s1. The molecule has 0 unspecified atom stereocenters. The number of piperidine rings is 1. The number of hydrogen-bond donors (Lipinski definition) is 1. The maximum atomic E-state index is 13.2. The molecule has 4 rings (SSSR count). The first-order chi connectivity index (χ1) is 14.4. The topological polar surface area (TPSA) is 79.9 Å². The van der Waals surface area contributed by atoms with E-state index in [1.165, 1.54) is 12.1 Å². The van der Waals surface area contributed by atoms with Crippen LogP contribution in [0.1, 0.15) is 42.5 Å². The predicted molar refractivity (Wildman–Crippen MR) is 110 cm³/mol. The normalized spacial score (nSPS) is 24.5. The van der Waals surface area contributed by atoms with E-state index in [0.717, 1.165) is 35.5 Å². The van der Waals surface area contributed by atoms with Gasteiger partial charge < -0.3 is 9.94 Å². The highest BCUT2D eigenvalue weighted by Crippen LogP contribution is 2.38. The summed E-state index contributed by atoms with van der Waals surface area (Å²) in [6.45, 7) is 4.06. The average molecular weight is 414 g/mol. The van der Waals surface area contributed by atoms with Crippen molar-refractivity contribution in [3.63, 3.8) is 0 Å². The van der Waals surface area contributed by atoms with Gasteiger partial charge in [0.05, 0.1) is 17.3 Å². The molecule has 2 aliphatic heterocycles. The molecule has 30 heavy (non-hydrogen) atoms. The van der Waals surface area contributed by atoms with Crippen molar-refractivity contribution >= 4 is 11.7 Å². The zero-order valence-electron chi connectivity index (χ0n) is 17.3. The summed E-state index contributed by atoms with van der Waals surface area (Å²) in [6, 6.07) is 6.13. The SMILES string of the molecule is Cc1c(CN2CCC[C@@](C[C@@H]3CC(c4ccc(F)cc4)=NO3)(C(=O)O)C2)cnn1C. The Hall–Kier alpha value is -2.74. The van der Waals surface area contributed by atoms with Crippen LogP contribution in [0.3, 0.4) is 0 Å². The first-order valence-corrected chi connectivity index (χ1v) is 10.3. The van der Waals surface area contributed by atoms with Gasteiger partial charge in [-0.15, -0.1) is 0 Å². The third-order valence-electron chi connectivity index (χ3n) is 6.37. The van der Waals surface area contributed by atoms with Crippen molar-refractivity contribution in [3.8, 4) is 0 Å². The van der Waals surface area contributed by atoms with Crippen LogP contribution in [0.4, 0.5) is 4.39 Å². The van der Waals surface area contributed by atoms with Crippen molar-refractivity contribution in [2.24, 2.45) is 17.6 Å². The number of rotatable bonds is 6. The Balaban J connectivity index is 1.43. The van der Waals surface area contributed by atoms with Crippen molar-refractivity contribution in [3.05, 3.63) is 53.1 Å². The second-order valence-electron chi connectivity index (χ2n) is 8.46. The van der Waals surface area contributed by atoms with Crippen molar-refractivity contribution in [1.82, 2.24) is 14.7 Å². The molecule has 2 aromatic rings. The smallest absolute Gasteiger partial charge is 0.311 e. The van der Waals surface area contributed by atoms with Gasteiger partial charge in [0.25, 0.3) is 0 Å². The number of aromatic nitrogens is 2. The minimum Gasteiger partial charge on any atom is -0.481 e. The van der Waals surface area contributed by atoms with Crippen LogP contribution >= 0.6 is 0 Å². The zero-order valence-corrected chi connectivity index (χ0v) is 17.3. The van der Waals surface area contributed by atoms with Crippen LogP contribution in [0.15, 0.2) is 35.6 Å². The molecule has 1 N–H and O–H groups in total. The van der Waals surface area contributed by atoms with Crippen molar-refractivity contribution < 1.29 is 19.1 Å². The summed E-state index contributed by atoms with van der Waals surface area (Å²) >= 11 is 0. The van der Waals surface area contributed by atoms with Gasteiger partial charge in [0.1, 0.15) is 11.9 Å². The number of likely N-dealkylation sites (tertiary alicyclic amines) is 1. The molecule has 1 aromatic heterocycles. The number of aliphatic carboxylic acids is 1. The monoisotopic (exact) mass is 414 g/mol. The molecular formula is C22H27FN4O3. The Morgan fingerprint density at radius 3 is 2.80 bits per heavy atom. The molecule has 2 aliphatic rings. The molecule has 8 heteroatoms. The van der Waals surface area contributed by atoms with E-state index in [1.807, 2.05) is 24.9 Å². The summed E-state index contributed by atoms with van der Waals surface area (Å²) in [4.78, 5) is 20.2. The number of hydrogen-bond acceptors (Lipinski definition) is 5. The van der Waals surface area contributed by atoms with Crippen molar-refractivity contribution in [2.75, 3.05) is 13.1 Å². The predicted octanol–water partition coefficient (Wildman–Crippen LogP) is 3.12. The molecule has 0 bridgehead atoms. The van der Waals surface area contributed by atoms with Crippen LogP contribution in [0.2, 0.25) is 0 Å². The summed E-state index contributed by atoms with van der Waals surface area (Å²) in [5, 5.41) is 18.6. The molecule has 0 aliphatic carbocycles. The van der Waals surface area contributed by atoms with Crippen LogP contribution < -0.4 is 0 Å². The van der Waals surface area contributed by atoms with Gasteiger partial charge in [-0.1, -0.05) is 17.3 Å². The molecule has 0 amide bonds. The summed E-state index contributed by atoms with van der Waals surface area (Å²) in [7, 11) is 1.91. The zero-order chi connectivity index (χ0) is 21.3. The number of oxime groups is 1. The molecule has 1 aromatic carbocycles. The fourth-order valence-corrected chi connectivity index (χ4v) is 4.52. The van der Waals surface area contributed by atoms with E-state index in [9.17, 15) is 14.3 Å². The van der Waals surface area contributed by atoms with Crippen LogP contribution in [0.25, 0.3) is 0 Å². The highest BCUT2D eigenvalue weighted by atomic mass is 19.1. The molecule has 160 valence electrons. The fraction of sp³-hybridized carbons (Fsp3) is 0.500. The van der Waals surface area contributed by atoms with Crippen LogP contribution in [-0.2, 0) is 23.2 Å². The number of aryl methyl sites for hydroxylation is 1. The average Bonchev–Trinajstić information content (AvgIpc) is 3.31. The minimum atomic E-state index is -0.868. The van der Waals surface area contributed by atoms with E-state index in [4.69, 9.17) is 4.84 Å². The van der Waals surface area contributed by atoms with Gasteiger partial charge in [-0.25, -0.2) is 4.39 Å². The lowest BCUT2D eigenvalue weighted by Gasteiger charge is -2.40. The molecule has 0 saturated carbocycles. The lowest BCUT2D eigenvalue weighted by molar-refractivity contribution is -0.156. The van der Waals surface area contributed by atoms with Crippen LogP contribution in [0, 0.1) is 18.2 Å². The highest BCUT2D eigenvalue weighted by Gasteiger charge is 2.45. The number of carbonyl (C=O) groups is 1. The Labute approximate surface area is 175 Å². The maximum Gasteiger partial charge on any atom is 0.311 e. The van der Waals surface area contributed by atoms with E-state index in [-0.39, 0.29) is 11.9 Å². The first-order valence-electron chi connectivity index (χ1n) is 10.3. The fourth-order valence-electron chi connectivity index (χ4n) is 4.52. The van der Waals surface area contributed by atoms with Crippen LogP contribution in [-0.4, -0.2) is 50.7 Å². The lowest BCUT2D eigenvalue weighted by Crippen LogP contribution is -2.49. The van der Waals surface area contributed by atoms with Gasteiger partial charge in [0.2, 0.25) is 0 Å². The maximum absolute atomic E-state index is 13.2. The number of nitrogens with zero attached hydrogens (tertiary/aromatic N) is 4. The van der Waals surface area contributed by atoms with Crippen molar-refractivity contribution in [2.45, 2.75) is 45.3 Å². The summed E-state index contributed by atoms with van der Waals surface area (Å²) < 4.78 is 15.0. The van der Waals surface area contributed by atoms with Gasteiger partial charge in [0, 0.05) is 44.2 Å². The van der Waals surface area contributed by atoms with E-state index >= 15 is 0 Å². The Morgan fingerprint density at radius 1 is 1.37 bits per heavy atom. The molecular weight excluding hydrogens is 387 g/mol. The molecule has 7 nitrogen and oxygen atoms in total. The van der Waals surface area contributed by atoms with Gasteiger partial charge >= 0.3 is 5.97 Å². The largest absolute Gasteiger partial charge is 0.481 e. The van der Waals surface area contributed by atoms with Gasteiger partial charge in [-0.2, -0.15) is 5.10 Å². The summed E-state index contributed by atoms with van der Waals surface area (Å²) in [5.41, 5.74) is 2.89. The van der Waals surface area contributed by atoms with Crippen molar-refractivity contribution in [1.29, 1.82) is 0 Å². The number of carboxylic acid groups (broad SMARTS) is 1. The molecule has 0 radical (unpaired) electrons. The third-order valence-corrected chi connectivity index (χ3v) is 6.37. The van der Waals surface area contributed by atoms with E-state index in [1.54, 1.807) is 12.1 Å². The quantitative estimate of drug-likeness (QED) is 0.786. The Kier molecular flexibility index (Phi) is 5.60. The van der Waals surface area contributed by atoms with Gasteiger partial charge in [-0.3, -0.25) is 14.4 Å². The Morgan fingerprint density at radius 2 is 2.13 bits per heavy atom. The summed E-state index contributed by atoms with van der Waals surface area (Å²) in [5.74, 6) is -1.08. The molecule has 3 heterocycles. The molecule has 2 atom stereocenters. The van der Waals surface area contributed by atoms with E-state index in [2.05, 4.69) is 15.2 Å². The number of halogens is 1. The second-order valence-corrected chi connectivity index (χ2v) is 8.46. The lowest BCUT2D eigenvalue weighted by atomic mass is 9.74. The number of carboxylic acids is 1. The summed E-state index contributed by atoms with van der Waals surface area (Å²) in [6.07, 6.45) is 3.94. The number of benzene rings is 1. The minimum absolute atomic E-state index is 0.291. The van der Waals surface area contributed by atoms with Gasteiger partial charge in [0.15, 0.2) is 0 Å². The second kappa shape index (κ2) is 8.18. The third kappa shape index (κ3) is 4.09. The first kappa shape index (κ1) is 20.5. The van der Waals surface area contributed by atoms with E-state index in [0.29, 0.717) is 32.4 Å². The van der Waals surface area contributed by atoms with Crippen LogP contribution in [0.5, 0.6) is 0 Å². The molecule has 1 fully saturated rings. The Bertz CT molecular complexity index is 956. The highest BCUT2D eigenvalue weighted by molar-refractivity contribution is 6.01. The van der Waals surface area contributed by atoms with Gasteiger partial charge in [-0.05, 0) is 44.0 Å². The molecule has 0 spiro atoms. The molecule has 1 saturated heterocycles.